The zero-order valence-electron chi connectivity index (χ0n) is 10.3. The highest BCUT2D eigenvalue weighted by Crippen LogP contribution is 2.23. The van der Waals surface area contributed by atoms with Gasteiger partial charge in [-0.1, -0.05) is 13.8 Å². The van der Waals surface area contributed by atoms with Crippen molar-refractivity contribution in [2.45, 2.75) is 13.8 Å². The Labute approximate surface area is 116 Å². The second-order valence-electron chi connectivity index (χ2n) is 3.81. The van der Waals surface area contributed by atoms with E-state index in [2.05, 4.69) is 24.1 Å². The first-order valence-electron chi connectivity index (χ1n) is 5.79. The largest absolute Gasteiger partial charge is 0.397 e. The maximum atomic E-state index is 13.4. The molecule has 0 aliphatic carbocycles. The van der Waals surface area contributed by atoms with Gasteiger partial charge in [0.1, 0.15) is 5.82 Å². The summed E-state index contributed by atoms with van der Waals surface area (Å²) in [6, 6.07) is 3.11. The predicted octanol–water partition coefficient (Wildman–Crippen LogP) is 2.77. The topological polar surface area (TPSA) is 41.3 Å². The summed E-state index contributed by atoms with van der Waals surface area (Å²) in [6.07, 6.45) is 0. The first kappa shape index (κ1) is 14.5. The Hall–Kier alpha value is -0.560. The summed E-state index contributed by atoms with van der Waals surface area (Å²) < 4.78 is 13.9. The first-order chi connectivity index (χ1) is 8.08. The van der Waals surface area contributed by atoms with E-state index in [-0.39, 0.29) is 5.82 Å². The number of nitrogen functional groups attached to an aromatic ring is 1. The summed E-state index contributed by atoms with van der Waals surface area (Å²) in [5, 5.41) is 3.17. The molecule has 0 unspecified atom stereocenters. The third-order valence-electron chi connectivity index (χ3n) is 2.73. The van der Waals surface area contributed by atoms with Crippen molar-refractivity contribution in [1.82, 2.24) is 4.90 Å². The van der Waals surface area contributed by atoms with E-state index in [1.807, 2.05) is 22.6 Å². The van der Waals surface area contributed by atoms with Crippen molar-refractivity contribution in [3.63, 3.8) is 0 Å². The molecule has 5 heteroatoms. The molecule has 0 amide bonds. The van der Waals surface area contributed by atoms with Gasteiger partial charge in [-0.3, -0.25) is 0 Å². The van der Waals surface area contributed by atoms with Gasteiger partial charge in [0.15, 0.2) is 0 Å². The van der Waals surface area contributed by atoms with Crippen molar-refractivity contribution >= 4 is 34.0 Å². The molecule has 0 atom stereocenters. The number of rotatable bonds is 6. The number of anilines is 2. The summed E-state index contributed by atoms with van der Waals surface area (Å²) in [5.74, 6) is -0.231. The van der Waals surface area contributed by atoms with Crippen LogP contribution in [0.15, 0.2) is 12.1 Å². The van der Waals surface area contributed by atoms with E-state index in [0.717, 1.165) is 26.2 Å². The van der Waals surface area contributed by atoms with E-state index < -0.39 is 0 Å². The number of nitrogens with two attached hydrogens (primary N) is 1. The average Bonchev–Trinajstić information content (AvgIpc) is 2.31. The van der Waals surface area contributed by atoms with E-state index >= 15 is 0 Å². The van der Waals surface area contributed by atoms with E-state index in [4.69, 9.17) is 5.73 Å². The number of nitrogens with zero attached hydrogens (tertiary/aromatic N) is 1. The third-order valence-corrected chi connectivity index (χ3v) is 3.56. The molecule has 0 fully saturated rings. The highest BCUT2D eigenvalue weighted by atomic mass is 127. The molecule has 0 aromatic heterocycles. The Morgan fingerprint density at radius 3 is 2.59 bits per heavy atom. The lowest BCUT2D eigenvalue weighted by Gasteiger charge is -2.19. The number of halogens is 2. The molecule has 0 radical (unpaired) electrons. The maximum absolute atomic E-state index is 13.4. The van der Waals surface area contributed by atoms with Crippen molar-refractivity contribution in [2.24, 2.45) is 0 Å². The highest BCUT2D eigenvalue weighted by molar-refractivity contribution is 14.1. The SMILES string of the molecule is CCN(CC)CCNc1cc(F)c(I)cc1N. The van der Waals surface area contributed by atoms with Gasteiger partial charge in [-0.15, -0.1) is 0 Å². The summed E-state index contributed by atoms with van der Waals surface area (Å²) in [5.41, 5.74) is 7.09. The molecule has 0 aliphatic heterocycles. The van der Waals surface area contributed by atoms with Crippen molar-refractivity contribution in [3.05, 3.63) is 21.5 Å². The Kier molecular flexibility index (Phi) is 5.97. The predicted molar refractivity (Wildman–Crippen MR) is 79.8 cm³/mol. The molecule has 0 spiro atoms. The van der Waals surface area contributed by atoms with Crippen LogP contribution in [-0.4, -0.2) is 31.1 Å². The molecule has 17 heavy (non-hydrogen) atoms. The van der Waals surface area contributed by atoms with Gasteiger partial charge < -0.3 is 16.0 Å². The second-order valence-corrected chi connectivity index (χ2v) is 4.97. The van der Waals surface area contributed by atoms with Crippen LogP contribution < -0.4 is 11.1 Å². The fourth-order valence-corrected chi connectivity index (χ4v) is 2.10. The molecule has 0 heterocycles. The standard InChI is InChI=1S/C12H19FIN3/c1-3-17(4-2)6-5-16-12-7-9(13)10(14)8-11(12)15/h7-8,16H,3-6,15H2,1-2H3. The summed E-state index contributed by atoms with van der Waals surface area (Å²) >= 11 is 1.94. The molecular formula is C12H19FIN3. The van der Waals surface area contributed by atoms with E-state index in [9.17, 15) is 4.39 Å². The van der Waals surface area contributed by atoms with Crippen LogP contribution >= 0.6 is 22.6 Å². The summed E-state index contributed by atoms with van der Waals surface area (Å²) in [6.45, 7) is 8.00. The summed E-state index contributed by atoms with van der Waals surface area (Å²) in [7, 11) is 0. The van der Waals surface area contributed by atoms with E-state index in [0.29, 0.717) is 14.9 Å². The van der Waals surface area contributed by atoms with Crippen LogP contribution in [0.5, 0.6) is 0 Å². The van der Waals surface area contributed by atoms with Crippen molar-refractivity contribution in [2.75, 3.05) is 37.2 Å². The fourth-order valence-electron chi connectivity index (χ4n) is 1.60. The lowest BCUT2D eigenvalue weighted by atomic mass is 10.2. The van der Waals surface area contributed by atoms with Gasteiger partial charge in [0.2, 0.25) is 0 Å². The van der Waals surface area contributed by atoms with E-state index in [1.54, 1.807) is 6.07 Å². The smallest absolute Gasteiger partial charge is 0.138 e. The quantitative estimate of drug-likeness (QED) is 0.612. The van der Waals surface area contributed by atoms with Crippen molar-refractivity contribution in [1.29, 1.82) is 0 Å². The van der Waals surface area contributed by atoms with Crippen LogP contribution in [0.25, 0.3) is 0 Å². The molecule has 3 nitrogen and oxygen atoms in total. The molecule has 1 aromatic carbocycles. The molecule has 0 saturated heterocycles. The van der Waals surface area contributed by atoms with Gasteiger partial charge in [0, 0.05) is 19.2 Å². The Morgan fingerprint density at radius 1 is 1.35 bits per heavy atom. The average molecular weight is 351 g/mol. The van der Waals surface area contributed by atoms with Crippen molar-refractivity contribution in [3.8, 4) is 0 Å². The van der Waals surface area contributed by atoms with Crippen LogP contribution in [0.2, 0.25) is 0 Å². The first-order valence-corrected chi connectivity index (χ1v) is 6.87. The Balaban J connectivity index is 2.55. The molecule has 1 rings (SSSR count). The van der Waals surface area contributed by atoms with Gasteiger partial charge in [0.05, 0.1) is 14.9 Å². The number of hydrogen-bond donors (Lipinski definition) is 2. The monoisotopic (exact) mass is 351 g/mol. The van der Waals surface area contributed by atoms with Gasteiger partial charge in [0.25, 0.3) is 0 Å². The lowest BCUT2D eigenvalue weighted by molar-refractivity contribution is 0.316. The van der Waals surface area contributed by atoms with Gasteiger partial charge >= 0.3 is 0 Å². The molecule has 1 aromatic rings. The number of hydrogen-bond acceptors (Lipinski definition) is 3. The minimum Gasteiger partial charge on any atom is -0.397 e. The minimum absolute atomic E-state index is 0.231. The van der Waals surface area contributed by atoms with Crippen LogP contribution in [0.1, 0.15) is 13.8 Å². The van der Waals surface area contributed by atoms with Crippen LogP contribution in [0.4, 0.5) is 15.8 Å². The van der Waals surface area contributed by atoms with Gasteiger partial charge in [-0.25, -0.2) is 4.39 Å². The van der Waals surface area contributed by atoms with Crippen LogP contribution in [0, 0.1) is 9.39 Å². The van der Waals surface area contributed by atoms with E-state index in [1.165, 1.54) is 6.07 Å². The Morgan fingerprint density at radius 2 is 2.00 bits per heavy atom. The number of benzene rings is 1. The molecule has 3 N–H and O–H groups in total. The van der Waals surface area contributed by atoms with Crippen LogP contribution in [-0.2, 0) is 0 Å². The molecule has 96 valence electrons. The normalized spacial score (nSPS) is 10.9. The summed E-state index contributed by atoms with van der Waals surface area (Å²) in [4.78, 5) is 2.30. The molecule has 0 saturated carbocycles. The van der Waals surface area contributed by atoms with Gasteiger partial charge in [-0.05, 0) is 41.7 Å². The number of likely N-dealkylation sites (N-methyl/N-ethyl adjacent to an activating group) is 1. The third kappa shape index (κ3) is 4.31. The molecular weight excluding hydrogens is 332 g/mol. The zero-order valence-corrected chi connectivity index (χ0v) is 12.4. The molecule has 0 bridgehead atoms. The Bertz CT molecular complexity index is 367. The van der Waals surface area contributed by atoms with Crippen molar-refractivity contribution < 1.29 is 4.39 Å². The second kappa shape index (κ2) is 7.00. The maximum Gasteiger partial charge on any atom is 0.138 e. The van der Waals surface area contributed by atoms with Crippen LogP contribution in [0.3, 0.4) is 0 Å². The fraction of sp³-hybridized carbons (Fsp3) is 0.500. The molecule has 0 aliphatic rings. The lowest BCUT2D eigenvalue weighted by Crippen LogP contribution is -2.28. The minimum atomic E-state index is -0.231. The zero-order chi connectivity index (χ0) is 12.8. The highest BCUT2D eigenvalue weighted by Gasteiger charge is 2.06. The number of nitrogens with one attached hydrogen (secondary N) is 1. The van der Waals surface area contributed by atoms with Gasteiger partial charge in [-0.2, -0.15) is 0 Å².